The van der Waals surface area contributed by atoms with Crippen LogP contribution >= 0.6 is 11.6 Å². The summed E-state index contributed by atoms with van der Waals surface area (Å²) in [6.45, 7) is 3.97. The molecule has 10 heteroatoms. The van der Waals surface area contributed by atoms with Crippen LogP contribution in [-0.2, 0) is 35.9 Å². The molecule has 2 heterocycles. The summed E-state index contributed by atoms with van der Waals surface area (Å²) in [4.78, 5) is 12.0. The molecule has 5 atom stereocenters. The molecule has 2 N–H and O–H groups in total. The van der Waals surface area contributed by atoms with Crippen LogP contribution in [0.4, 0.5) is 4.79 Å². The lowest BCUT2D eigenvalue weighted by molar-refractivity contribution is -0.375. The molecular formula is C25H29ClO9. The topological polar surface area (TPSA) is 113 Å². The van der Waals surface area contributed by atoms with E-state index < -0.39 is 36.0 Å². The Kier molecular flexibility index (Phi) is 7.56. The van der Waals surface area contributed by atoms with Crippen LogP contribution in [0.15, 0.2) is 42.5 Å². The zero-order valence-electron chi connectivity index (χ0n) is 19.7. The largest absolute Gasteiger partial charge is 0.508 e. The molecule has 2 fully saturated rings. The van der Waals surface area contributed by atoms with Crippen LogP contribution in [0.25, 0.3) is 0 Å². The van der Waals surface area contributed by atoms with Crippen molar-refractivity contribution in [3.05, 3.63) is 64.2 Å². The van der Waals surface area contributed by atoms with E-state index in [1.807, 2.05) is 31.2 Å². The number of benzene rings is 2. The van der Waals surface area contributed by atoms with Crippen LogP contribution in [0.1, 0.15) is 30.5 Å². The lowest BCUT2D eigenvalue weighted by Gasteiger charge is -2.46. The summed E-state index contributed by atoms with van der Waals surface area (Å²) in [5, 5.41) is 22.6. The molecule has 2 saturated heterocycles. The van der Waals surface area contributed by atoms with Crippen LogP contribution in [0.2, 0.25) is 5.02 Å². The molecule has 0 spiro atoms. The van der Waals surface area contributed by atoms with Gasteiger partial charge >= 0.3 is 6.16 Å². The van der Waals surface area contributed by atoms with Gasteiger partial charge in [0.25, 0.3) is 0 Å². The summed E-state index contributed by atoms with van der Waals surface area (Å²) < 4.78 is 33.0. The molecule has 2 bridgehead atoms. The maximum Gasteiger partial charge on any atom is 0.508 e. The van der Waals surface area contributed by atoms with Gasteiger partial charge in [0, 0.05) is 17.7 Å². The van der Waals surface area contributed by atoms with E-state index in [4.69, 9.17) is 40.0 Å². The molecule has 0 aromatic heterocycles. The number of aliphatic hydroxyl groups excluding tert-OH is 2. The summed E-state index contributed by atoms with van der Waals surface area (Å²) in [6.07, 6.45) is -5.10. The minimum atomic E-state index is -1.77. The number of ether oxygens (including phenoxy) is 6. The van der Waals surface area contributed by atoms with Gasteiger partial charge in [-0.05, 0) is 55.7 Å². The highest BCUT2D eigenvalue weighted by molar-refractivity contribution is 6.31. The first-order valence-corrected chi connectivity index (χ1v) is 11.8. The summed E-state index contributed by atoms with van der Waals surface area (Å²) in [5.74, 6) is -2.66. The lowest BCUT2D eigenvalue weighted by Crippen LogP contribution is -2.66. The van der Waals surface area contributed by atoms with Gasteiger partial charge < -0.3 is 38.6 Å². The Labute approximate surface area is 208 Å². The van der Waals surface area contributed by atoms with Crippen molar-refractivity contribution < 1.29 is 43.4 Å². The van der Waals surface area contributed by atoms with Crippen LogP contribution < -0.4 is 4.74 Å². The Morgan fingerprint density at radius 3 is 2.51 bits per heavy atom. The third kappa shape index (κ3) is 4.72. The van der Waals surface area contributed by atoms with Gasteiger partial charge in [-0.25, -0.2) is 4.79 Å². The maximum absolute atomic E-state index is 12.0. The number of hydrogen-bond acceptors (Lipinski definition) is 9. The number of rotatable bonds is 8. The van der Waals surface area contributed by atoms with E-state index in [0.717, 1.165) is 16.9 Å². The van der Waals surface area contributed by atoms with E-state index >= 15 is 0 Å². The lowest BCUT2D eigenvalue weighted by atomic mass is 9.87. The summed E-state index contributed by atoms with van der Waals surface area (Å²) in [5.41, 5.74) is 2.18. The van der Waals surface area contributed by atoms with Crippen molar-refractivity contribution in [3.8, 4) is 5.75 Å². The number of aliphatic hydroxyl groups is 2. The molecule has 5 unspecified atom stereocenters. The summed E-state index contributed by atoms with van der Waals surface area (Å²) in [7, 11) is 1.33. The van der Waals surface area contributed by atoms with E-state index in [2.05, 4.69) is 0 Å². The van der Waals surface area contributed by atoms with Gasteiger partial charge in [0.05, 0.1) is 13.2 Å². The van der Waals surface area contributed by atoms with Gasteiger partial charge in [0.15, 0.2) is 18.3 Å². The molecule has 0 amide bonds. The van der Waals surface area contributed by atoms with Gasteiger partial charge in [-0.15, -0.1) is 0 Å². The molecule has 190 valence electrons. The van der Waals surface area contributed by atoms with Gasteiger partial charge in [-0.1, -0.05) is 29.8 Å². The van der Waals surface area contributed by atoms with Gasteiger partial charge in [-0.2, -0.15) is 0 Å². The second-order valence-electron chi connectivity index (χ2n) is 8.29. The average molecular weight is 509 g/mol. The van der Waals surface area contributed by atoms with Gasteiger partial charge in [0.1, 0.15) is 12.4 Å². The Morgan fingerprint density at radius 1 is 1.11 bits per heavy atom. The van der Waals surface area contributed by atoms with Gasteiger partial charge in [0.2, 0.25) is 11.6 Å². The minimum Gasteiger partial charge on any atom is -0.494 e. The molecule has 2 aromatic rings. The van der Waals surface area contributed by atoms with Crippen molar-refractivity contribution in [2.75, 3.05) is 26.9 Å². The van der Waals surface area contributed by atoms with Crippen molar-refractivity contribution >= 4 is 17.8 Å². The van der Waals surface area contributed by atoms with E-state index in [9.17, 15) is 15.0 Å². The third-order valence-corrected chi connectivity index (χ3v) is 6.56. The second-order valence-corrected chi connectivity index (χ2v) is 8.70. The minimum absolute atomic E-state index is 0.0669. The normalized spacial score (nSPS) is 29.6. The van der Waals surface area contributed by atoms with Gasteiger partial charge in [-0.3, -0.25) is 0 Å². The molecule has 9 nitrogen and oxygen atoms in total. The Hall–Kier alpha value is -2.40. The first-order chi connectivity index (χ1) is 16.8. The number of hydrogen-bond donors (Lipinski definition) is 2. The Balaban J connectivity index is 1.66. The third-order valence-electron chi connectivity index (χ3n) is 6.19. The summed E-state index contributed by atoms with van der Waals surface area (Å²) >= 11 is 6.49. The molecule has 2 aliphatic heterocycles. The molecule has 2 aliphatic rings. The van der Waals surface area contributed by atoms with Crippen LogP contribution in [-0.4, -0.2) is 67.4 Å². The molecule has 4 rings (SSSR count). The number of halogens is 1. The van der Waals surface area contributed by atoms with Crippen molar-refractivity contribution in [1.29, 1.82) is 0 Å². The zero-order chi connectivity index (χ0) is 25.2. The molecule has 0 saturated carbocycles. The van der Waals surface area contributed by atoms with Crippen molar-refractivity contribution in [2.45, 2.75) is 50.2 Å². The highest BCUT2D eigenvalue weighted by Gasteiger charge is 2.69. The zero-order valence-corrected chi connectivity index (χ0v) is 20.5. The van der Waals surface area contributed by atoms with E-state index in [-0.39, 0.29) is 13.2 Å². The van der Waals surface area contributed by atoms with Crippen LogP contribution in [0, 0.1) is 0 Å². The number of carbonyl (C=O) groups excluding carboxylic acids is 1. The fraction of sp³-hybridized carbons (Fsp3) is 0.480. The Bertz CT molecular complexity index is 1050. The molecule has 35 heavy (non-hydrogen) atoms. The van der Waals surface area contributed by atoms with E-state index in [0.29, 0.717) is 23.6 Å². The molecular weight excluding hydrogens is 480 g/mol. The fourth-order valence-corrected chi connectivity index (χ4v) is 4.58. The smallest absolute Gasteiger partial charge is 0.494 e. The number of fused-ring (bicyclic) bond motifs is 2. The predicted molar refractivity (Wildman–Crippen MR) is 124 cm³/mol. The first kappa shape index (κ1) is 25.7. The average Bonchev–Trinajstić information content (AvgIpc) is 3.24. The van der Waals surface area contributed by atoms with Crippen molar-refractivity contribution in [3.63, 3.8) is 0 Å². The monoisotopic (exact) mass is 508 g/mol. The highest BCUT2D eigenvalue weighted by atomic mass is 35.5. The number of carbonyl (C=O) groups is 1. The highest BCUT2D eigenvalue weighted by Crippen LogP contribution is 2.51. The Morgan fingerprint density at radius 2 is 1.86 bits per heavy atom. The van der Waals surface area contributed by atoms with Crippen LogP contribution in [0.5, 0.6) is 5.75 Å². The first-order valence-electron chi connectivity index (χ1n) is 11.4. The second kappa shape index (κ2) is 10.3. The van der Waals surface area contributed by atoms with Crippen LogP contribution in [0.3, 0.4) is 0 Å². The fourth-order valence-electron chi connectivity index (χ4n) is 4.40. The van der Waals surface area contributed by atoms with Crippen molar-refractivity contribution in [2.24, 2.45) is 0 Å². The predicted octanol–water partition coefficient (Wildman–Crippen LogP) is 3.15. The molecule has 2 aromatic carbocycles. The molecule has 0 radical (unpaired) electrons. The standard InChI is InChI=1S/C25H29ClO9/c1-4-31-18-9-6-15(7-10-18)12-16-13-17(8-11-19(16)26)25-22(28)20(34-23(29)32-5-2)21(27)24(30-3,35-25)14-33-25/h6-11,13,20-22,27-28H,4-5,12,14H2,1-3H3. The van der Waals surface area contributed by atoms with Crippen molar-refractivity contribution in [1.82, 2.24) is 0 Å². The quantitative estimate of drug-likeness (QED) is 0.519. The van der Waals surface area contributed by atoms with E-state index in [1.165, 1.54) is 7.11 Å². The van der Waals surface area contributed by atoms with E-state index in [1.54, 1.807) is 25.1 Å². The SMILES string of the molecule is CCOC(=O)OC1C(O)C2(OC)COC(c3ccc(Cl)c(Cc4ccc(OCC)cc4)c3)(O2)C1O. The maximum atomic E-state index is 12.0. The summed E-state index contributed by atoms with van der Waals surface area (Å²) in [6, 6.07) is 12.7. The number of methoxy groups -OCH3 is 1. The molecule has 0 aliphatic carbocycles.